The molecule has 0 fully saturated rings. The molecule has 1 aromatic rings. The van der Waals surface area contributed by atoms with Crippen LogP contribution < -0.4 is 5.19 Å². The average molecular weight is 218 g/mol. The first-order valence-corrected chi connectivity index (χ1v) is 8.82. The van der Waals surface area contributed by atoms with E-state index >= 15 is 0 Å². The summed E-state index contributed by atoms with van der Waals surface area (Å²) in [5.41, 5.74) is 3.04. The molecular formula is C14H22Si. The molecule has 0 aliphatic carbocycles. The Kier molecular flexibility index (Phi) is 3.92. The minimum atomic E-state index is -1.26. The third kappa shape index (κ3) is 3.35. The van der Waals surface area contributed by atoms with Gasteiger partial charge in [-0.05, 0) is 26.8 Å². The van der Waals surface area contributed by atoms with Crippen molar-refractivity contribution in [1.29, 1.82) is 0 Å². The van der Waals surface area contributed by atoms with Crippen molar-refractivity contribution < 1.29 is 0 Å². The Balaban J connectivity index is 2.90. The van der Waals surface area contributed by atoms with Crippen LogP contribution in [0.4, 0.5) is 0 Å². The summed E-state index contributed by atoms with van der Waals surface area (Å²) in [5.74, 6) is 0. The van der Waals surface area contributed by atoms with E-state index in [1.807, 2.05) is 0 Å². The first kappa shape index (κ1) is 12.2. The third-order valence-corrected chi connectivity index (χ3v) is 6.43. The molecule has 1 aromatic carbocycles. The minimum absolute atomic E-state index is 1.26. The molecule has 0 saturated heterocycles. The predicted octanol–water partition coefficient (Wildman–Crippen LogP) is 3.96. The summed E-state index contributed by atoms with van der Waals surface area (Å²) in [7, 11) is -1.26. The zero-order valence-corrected chi connectivity index (χ0v) is 11.6. The zero-order valence-electron chi connectivity index (χ0n) is 10.6. The molecule has 0 aliphatic heterocycles. The van der Waals surface area contributed by atoms with Crippen molar-refractivity contribution in [3.63, 3.8) is 0 Å². The van der Waals surface area contributed by atoms with E-state index in [1.54, 1.807) is 10.8 Å². The standard InChI is InChI=1S/C14H22Si/c1-12(2)13(3)11-15(4,5)14-9-7-6-8-10-14/h6-10H,11H2,1-5H3. The van der Waals surface area contributed by atoms with E-state index in [0.717, 1.165) is 0 Å². The van der Waals surface area contributed by atoms with Gasteiger partial charge in [0.1, 0.15) is 0 Å². The normalized spacial score (nSPS) is 11.3. The van der Waals surface area contributed by atoms with Crippen LogP contribution in [0.5, 0.6) is 0 Å². The van der Waals surface area contributed by atoms with Crippen molar-refractivity contribution >= 4 is 13.3 Å². The highest BCUT2D eigenvalue weighted by Crippen LogP contribution is 2.18. The maximum atomic E-state index is 2.45. The second-order valence-corrected chi connectivity index (χ2v) is 9.91. The van der Waals surface area contributed by atoms with Crippen LogP contribution in [0.15, 0.2) is 41.5 Å². The lowest BCUT2D eigenvalue weighted by Gasteiger charge is -2.24. The van der Waals surface area contributed by atoms with Gasteiger partial charge in [0.25, 0.3) is 0 Å². The molecular weight excluding hydrogens is 196 g/mol. The van der Waals surface area contributed by atoms with Gasteiger partial charge in [-0.25, -0.2) is 0 Å². The van der Waals surface area contributed by atoms with Crippen molar-refractivity contribution in [3.05, 3.63) is 41.5 Å². The summed E-state index contributed by atoms with van der Waals surface area (Å²) in [6, 6.07) is 12.2. The van der Waals surface area contributed by atoms with E-state index in [2.05, 4.69) is 64.2 Å². The van der Waals surface area contributed by atoms with E-state index in [9.17, 15) is 0 Å². The molecule has 0 unspecified atom stereocenters. The highest BCUT2D eigenvalue weighted by atomic mass is 28.3. The molecule has 0 heterocycles. The van der Waals surface area contributed by atoms with E-state index in [-0.39, 0.29) is 0 Å². The molecule has 0 spiro atoms. The summed E-state index contributed by atoms with van der Waals surface area (Å²) in [6.07, 6.45) is 0. The monoisotopic (exact) mass is 218 g/mol. The lowest BCUT2D eigenvalue weighted by atomic mass is 10.2. The molecule has 82 valence electrons. The topological polar surface area (TPSA) is 0 Å². The lowest BCUT2D eigenvalue weighted by Crippen LogP contribution is -2.41. The van der Waals surface area contributed by atoms with Gasteiger partial charge in [0.05, 0.1) is 8.07 Å². The van der Waals surface area contributed by atoms with Gasteiger partial charge in [0.15, 0.2) is 0 Å². The smallest absolute Gasteiger partial charge is 0.0778 e. The average Bonchev–Trinajstić information content (AvgIpc) is 2.18. The Hall–Kier alpha value is -0.823. The molecule has 0 saturated carbocycles. The maximum absolute atomic E-state index is 2.45. The van der Waals surface area contributed by atoms with Crippen LogP contribution in [0.3, 0.4) is 0 Å². The van der Waals surface area contributed by atoms with Crippen LogP contribution in [0, 0.1) is 0 Å². The SMILES string of the molecule is CC(C)=C(C)C[Si](C)(C)c1ccccc1. The fourth-order valence-corrected chi connectivity index (χ4v) is 4.81. The number of benzene rings is 1. The summed E-state index contributed by atoms with van der Waals surface area (Å²) in [6.45, 7) is 11.6. The Morgan fingerprint density at radius 1 is 1.00 bits per heavy atom. The van der Waals surface area contributed by atoms with Crippen LogP contribution in [0.25, 0.3) is 0 Å². The predicted molar refractivity (Wildman–Crippen MR) is 72.4 cm³/mol. The molecule has 1 heteroatoms. The van der Waals surface area contributed by atoms with Crippen LogP contribution in [0.1, 0.15) is 20.8 Å². The number of hydrogen-bond donors (Lipinski definition) is 0. The minimum Gasteiger partial charge on any atom is -0.0778 e. The summed E-state index contributed by atoms with van der Waals surface area (Å²) in [5, 5.41) is 1.56. The molecule has 0 bridgehead atoms. The van der Waals surface area contributed by atoms with Crippen molar-refractivity contribution in [2.45, 2.75) is 39.9 Å². The molecule has 0 amide bonds. The molecule has 0 aromatic heterocycles. The first-order chi connectivity index (χ1) is 6.93. The molecule has 0 N–H and O–H groups in total. The number of hydrogen-bond acceptors (Lipinski definition) is 0. The zero-order chi connectivity index (χ0) is 11.5. The Morgan fingerprint density at radius 2 is 1.53 bits per heavy atom. The van der Waals surface area contributed by atoms with E-state index < -0.39 is 8.07 Å². The summed E-state index contributed by atoms with van der Waals surface area (Å²) >= 11 is 0. The van der Waals surface area contributed by atoms with Gasteiger partial charge in [-0.3, -0.25) is 0 Å². The second-order valence-electron chi connectivity index (χ2n) is 5.21. The van der Waals surface area contributed by atoms with Crippen molar-refractivity contribution in [1.82, 2.24) is 0 Å². The molecule has 0 atom stereocenters. The highest BCUT2D eigenvalue weighted by Gasteiger charge is 2.23. The lowest BCUT2D eigenvalue weighted by molar-refractivity contribution is 1.20. The quantitative estimate of drug-likeness (QED) is 0.532. The molecule has 1 rings (SSSR count). The maximum Gasteiger partial charge on any atom is 0.0845 e. The molecule has 0 radical (unpaired) electrons. The van der Waals surface area contributed by atoms with E-state index in [4.69, 9.17) is 0 Å². The van der Waals surface area contributed by atoms with Crippen LogP contribution in [-0.4, -0.2) is 8.07 Å². The van der Waals surface area contributed by atoms with Gasteiger partial charge >= 0.3 is 0 Å². The van der Waals surface area contributed by atoms with Gasteiger partial charge in [0, 0.05) is 0 Å². The van der Waals surface area contributed by atoms with Gasteiger partial charge in [0.2, 0.25) is 0 Å². The summed E-state index contributed by atoms with van der Waals surface area (Å²) < 4.78 is 0. The van der Waals surface area contributed by atoms with Gasteiger partial charge < -0.3 is 0 Å². The summed E-state index contributed by atoms with van der Waals surface area (Å²) in [4.78, 5) is 0. The molecule has 0 nitrogen and oxygen atoms in total. The first-order valence-electron chi connectivity index (χ1n) is 5.62. The van der Waals surface area contributed by atoms with Crippen molar-refractivity contribution in [2.24, 2.45) is 0 Å². The number of allylic oxidation sites excluding steroid dienone is 2. The van der Waals surface area contributed by atoms with E-state index in [0.29, 0.717) is 0 Å². The van der Waals surface area contributed by atoms with Crippen LogP contribution >= 0.6 is 0 Å². The Bertz CT molecular complexity index is 343. The molecule has 15 heavy (non-hydrogen) atoms. The Morgan fingerprint density at radius 3 is 2.00 bits per heavy atom. The molecule has 0 aliphatic rings. The number of rotatable bonds is 3. The van der Waals surface area contributed by atoms with Crippen molar-refractivity contribution in [2.75, 3.05) is 0 Å². The van der Waals surface area contributed by atoms with Gasteiger partial charge in [-0.2, -0.15) is 0 Å². The fraction of sp³-hybridized carbons (Fsp3) is 0.429. The largest absolute Gasteiger partial charge is 0.0845 e. The fourth-order valence-electron chi connectivity index (χ4n) is 1.83. The second kappa shape index (κ2) is 4.80. The van der Waals surface area contributed by atoms with Crippen LogP contribution in [-0.2, 0) is 0 Å². The third-order valence-electron chi connectivity index (χ3n) is 3.12. The van der Waals surface area contributed by atoms with Gasteiger partial charge in [-0.1, -0.05) is 59.8 Å². The Labute approximate surface area is 95.0 Å². The van der Waals surface area contributed by atoms with Crippen molar-refractivity contribution in [3.8, 4) is 0 Å². The highest BCUT2D eigenvalue weighted by molar-refractivity contribution is 6.90. The van der Waals surface area contributed by atoms with Crippen LogP contribution in [0.2, 0.25) is 19.1 Å². The van der Waals surface area contributed by atoms with E-state index in [1.165, 1.54) is 11.6 Å². The van der Waals surface area contributed by atoms with Gasteiger partial charge in [-0.15, -0.1) is 0 Å².